The number of aliphatic imine (C=N–C) groups is 1. The van der Waals surface area contributed by atoms with E-state index in [1.54, 1.807) is 0 Å². The van der Waals surface area contributed by atoms with Crippen molar-refractivity contribution in [1.82, 2.24) is 20.9 Å². The SMILES string of the molecule is CCNC(=NCc1cc2ccccc2[nH]1)NCC(=O)NC(C)(C)C. The van der Waals surface area contributed by atoms with Crippen molar-refractivity contribution in [3.8, 4) is 0 Å². The number of H-pyrrole nitrogens is 1. The Balaban J connectivity index is 1.96. The van der Waals surface area contributed by atoms with Crippen molar-refractivity contribution in [3.63, 3.8) is 0 Å². The monoisotopic (exact) mass is 329 g/mol. The number of para-hydroxylation sites is 1. The molecule has 130 valence electrons. The van der Waals surface area contributed by atoms with Crippen molar-refractivity contribution in [2.24, 2.45) is 4.99 Å². The van der Waals surface area contributed by atoms with Gasteiger partial charge < -0.3 is 20.9 Å². The summed E-state index contributed by atoms with van der Waals surface area (Å²) in [7, 11) is 0. The number of guanidine groups is 1. The van der Waals surface area contributed by atoms with Crippen LogP contribution in [0.4, 0.5) is 0 Å². The van der Waals surface area contributed by atoms with Gasteiger partial charge in [-0.05, 0) is 45.2 Å². The molecule has 0 aliphatic rings. The van der Waals surface area contributed by atoms with Crippen LogP contribution in [0.2, 0.25) is 0 Å². The second-order valence-corrected chi connectivity index (χ2v) is 6.73. The molecule has 1 aromatic heterocycles. The minimum Gasteiger partial charge on any atom is -0.357 e. The fourth-order valence-electron chi connectivity index (χ4n) is 2.35. The highest BCUT2D eigenvalue weighted by Crippen LogP contribution is 2.14. The molecule has 6 nitrogen and oxygen atoms in total. The van der Waals surface area contributed by atoms with Crippen LogP contribution in [0.25, 0.3) is 10.9 Å². The van der Waals surface area contributed by atoms with E-state index in [9.17, 15) is 4.79 Å². The van der Waals surface area contributed by atoms with Crippen LogP contribution in [-0.4, -0.2) is 35.5 Å². The van der Waals surface area contributed by atoms with E-state index in [1.807, 2.05) is 45.9 Å². The lowest BCUT2D eigenvalue weighted by atomic mass is 10.1. The molecule has 0 spiro atoms. The Morgan fingerprint density at radius 3 is 2.62 bits per heavy atom. The standard InChI is InChI=1S/C18H27N5O/c1-5-19-17(21-12-16(24)23-18(2,3)4)20-11-14-10-13-8-6-7-9-15(13)22-14/h6-10,22H,5,11-12H2,1-4H3,(H,23,24)(H2,19,20,21). The fourth-order valence-corrected chi connectivity index (χ4v) is 2.35. The molecule has 4 N–H and O–H groups in total. The number of carbonyl (C=O) groups is 1. The third kappa shape index (κ3) is 5.61. The van der Waals surface area contributed by atoms with Gasteiger partial charge >= 0.3 is 0 Å². The van der Waals surface area contributed by atoms with E-state index in [4.69, 9.17) is 0 Å². The van der Waals surface area contributed by atoms with Gasteiger partial charge in [-0.1, -0.05) is 18.2 Å². The number of fused-ring (bicyclic) bond motifs is 1. The molecule has 0 atom stereocenters. The first-order chi connectivity index (χ1) is 11.4. The highest BCUT2D eigenvalue weighted by atomic mass is 16.2. The molecule has 0 saturated carbocycles. The number of nitrogens with one attached hydrogen (secondary N) is 4. The zero-order valence-corrected chi connectivity index (χ0v) is 14.9. The van der Waals surface area contributed by atoms with Crippen LogP contribution in [-0.2, 0) is 11.3 Å². The topological polar surface area (TPSA) is 81.3 Å². The maximum absolute atomic E-state index is 11.9. The minimum atomic E-state index is -0.237. The summed E-state index contributed by atoms with van der Waals surface area (Å²) in [6.07, 6.45) is 0. The maximum atomic E-state index is 11.9. The highest BCUT2D eigenvalue weighted by molar-refractivity contribution is 5.86. The summed E-state index contributed by atoms with van der Waals surface area (Å²) in [4.78, 5) is 19.8. The number of carbonyl (C=O) groups excluding carboxylic acids is 1. The van der Waals surface area contributed by atoms with Crippen LogP contribution in [0, 0.1) is 0 Å². The van der Waals surface area contributed by atoms with Crippen LogP contribution in [0.1, 0.15) is 33.4 Å². The molecular formula is C18H27N5O. The summed E-state index contributed by atoms with van der Waals surface area (Å²) in [5, 5.41) is 10.3. The van der Waals surface area contributed by atoms with Gasteiger partial charge in [0.25, 0.3) is 0 Å². The quantitative estimate of drug-likeness (QED) is 0.501. The number of hydrogen-bond acceptors (Lipinski definition) is 2. The minimum absolute atomic E-state index is 0.0567. The van der Waals surface area contributed by atoms with E-state index in [1.165, 1.54) is 5.39 Å². The third-order valence-corrected chi connectivity index (χ3v) is 3.27. The van der Waals surface area contributed by atoms with Crippen molar-refractivity contribution < 1.29 is 4.79 Å². The summed E-state index contributed by atoms with van der Waals surface area (Å²) in [6, 6.07) is 10.2. The van der Waals surface area contributed by atoms with Gasteiger partial charge in [0.15, 0.2) is 5.96 Å². The molecule has 2 rings (SSSR count). The molecule has 1 heterocycles. The Hall–Kier alpha value is -2.50. The first kappa shape index (κ1) is 17.8. The van der Waals surface area contributed by atoms with Crippen LogP contribution >= 0.6 is 0 Å². The molecule has 0 radical (unpaired) electrons. The van der Waals surface area contributed by atoms with Crippen LogP contribution in [0.5, 0.6) is 0 Å². The molecule has 0 aliphatic heterocycles. The van der Waals surface area contributed by atoms with Gasteiger partial charge in [-0.2, -0.15) is 0 Å². The van der Waals surface area contributed by atoms with Gasteiger partial charge in [-0.15, -0.1) is 0 Å². The third-order valence-electron chi connectivity index (χ3n) is 3.27. The van der Waals surface area contributed by atoms with Crippen LogP contribution in [0.15, 0.2) is 35.3 Å². The molecule has 0 bridgehead atoms. The van der Waals surface area contributed by atoms with Crippen molar-refractivity contribution in [2.75, 3.05) is 13.1 Å². The van der Waals surface area contributed by atoms with E-state index >= 15 is 0 Å². The molecular weight excluding hydrogens is 302 g/mol. The zero-order chi connectivity index (χ0) is 17.6. The Bertz CT molecular complexity index is 679. The second kappa shape index (κ2) is 7.86. The van der Waals surface area contributed by atoms with Gasteiger partial charge in [-0.3, -0.25) is 4.79 Å². The van der Waals surface area contributed by atoms with E-state index < -0.39 is 0 Å². The molecule has 0 aliphatic carbocycles. The largest absolute Gasteiger partial charge is 0.357 e. The smallest absolute Gasteiger partial charge is 0.239 e. The average molecular weight is 329 g/mol. The van der Waals surface area contributed by atoms with Gasteiger partial charge in [0.1, 0.15) is 0 Å². The second-order valence-electron chi connectivity index (χ2n) is 6.73. The average Bonchev–Trinajstić information content (AvgIpc) is 2.91. The summed E-state index contributed by atoms with van der Waals surface area (Å²) in [5.74, 6) is 0.568. The first-order valence-electron chi connectivity index (χ1n) is 8.27. The zero-order valence-electron chi connectivity index (χ0n) is 14.9. The van der Waals surface area contributed by atoms with E-state index in [0.717, 1.165) is 17.8 Å². The number of rotatable bonds is 5. The molecule has 1 aromatic carbocycles. The lowest BCUT2D eigenvalue weighted by Gasteiger charge is -2.21. The fraction of sp³-hybridized carbons (Fsp3) is 0.444. The summed E-state index contributed by atoms with van der Waals surface area (Å²) >= 11 is 0. The molecule has 0 fully saturated rings. The molecule has 0 unspecified atom stereocenters. The van der Waals surface area contributed by atoms with E-state index in [0.29, 0.717) is 12.5 Å². The lowest BCUT2D eigenvalue weighted by Crippen LogP contribution is -2.48. The van der Waals surface area contributed by atoms with Crippen molar-refractivity contribution in [3.05, 3.63) is 36.0 Å². The Morgan fingerprint density at radius 1 is 1.21 bits per heavy atom. The Morgan fingerprint density at radius 2 is 1.96 bits per heavy atom. The number of benzene rings is 1. The first-order valence-corrected chi connectivity index (χ1v) is 8.27. The maximum Gasteiger partial charge on any atom is 0.239 e. The van der Waals surface area contributed by atoms with E-state index in [2.05, 4.69) is 38.1 Å². The van der Waals surface area contributed by atoms with Crippen molar-refractivity contribution >= 4 is 22.8 Å². The Labute approximate surface area is 143 Å². The number of aromatic nitrogens is 1. The van der Waals surface area contributed by atoms with E-state index in [-0.39, 0.29) is 18.0 Å². The number of hydrogen-bond donors (Lipinski definition) is 4. The van der Waals surface area contributed by atoms with Gasteiger partial charge in [0.05, 0.1) is 13.1 Å². The molecule has 0 saturated heterocycles. The summed E-state index contributed by atoms with van der Waals surface area (Å²) < 4.78 is 0. The number of aromatic amines is 1. The molecule has 6 heteroatoms. The predicted octanol–water partition coefficient (Wildman–Crippen LogP) is 2.14. The van der Waals surface area contributed by atoms with Crippen LogP contribution in [0.3, 0.4) is 0 Å². The normalized spacial score (nSPS) is 12.2. The van der Waals surface area contributed by atoms with Gasteiger partial charge in [0, 0.05) is 23.3 Å². The Kier molecular flexibility index (Phi) is 5.84. The highest BCUT2D eigenvalue weighted by Gasteiger charge is 2.13. The van der Waals surface area contributed by atoms with Crippen LogP contribution < -0.4 is 16.0 Å². The molecule has 1 amide bonds. The summed E-state index contributed by atoms with van der Waals surface area (Å²) in [5.41, 5.74) is 1.90. The van der Waals surface area contributed by atoms with Gasteiger partial charge in [-0.25, -0.2) is 4.99 Å². The number of amides is 1. The van der Waals surface area contributed by atoms with Crippen molar-refractivity contribution in [2.45, 2.75) is 39.8 Å². The summed E-state index contributed by atoms with van der Waals surface area (Å²) in [6.45, 7) is 9.32. The molecule has 2 aromatic rings. The lowest BCUT2D eigenvalue weighted by molar-refractivity contribution is -0.121. The van der Waals surface area contributed by atoms with Crippen molar-refractivity contribution in [1.29, 1.82) is 0 Å². The number of nitrogens with zero attached hydrogens (tertiary/aromatic N) is 1. The molecule has 24 heavy (non-hydrogen) atoms. The predicted molar refractivity (Wildman–Crippen MR) is 99.0 cm³/mol. The van der Waals surface area contributed by atoms with Gasteiger partial charge in [0.2, 0.25) is 5.91 Å².